The molecule has 24 heavy (non-hydrogen) atoms. The van der Waals surface area contributed by atoms with Crippen LogP contribution in [-0.4, -0.2) is 17.6 Å². The first-order valence-corrected chi connectivity index (χ1v) is 8.90. The number of ether oxygens (including phenoxy) is 1. The molecule has 0 radical (unpaired) electrons. The lowest BCUT2D eigenvalue weighted by Gasteiger charge is -2.15. The molecule has 3 rings (SSSR count). The van der Waals surface area contributed by atoms with Crippen molar-refractivity contribution >= 4 is 23.6 Å². The van der Waals surface area contributed by atoms with Gasteiger partial charge in [0.25, 0.3) is 5.91 Å². The van der Waals surface area contributed by atoms with Crippen LogP contribution in [0.3, 0.4) is 0 Å². The lowest BCUT2D eigenvalue weighted by Crippen LogP contribution is -2.26. The van der Waals surface area contributed by atoms with Crippen molar-refractivity contribution in [2.45, 2.75) is 30.3 Å². The number of fused-ring (bicyclic) bond motifs is 1. The minimum atomic E-state index is -1.04. The lowest BCUT2D eigenvalue weighted by atomic mass is 10.1. The first kappa shape index (κ1) is 16.6. The summed E-state index contributed by atoms with van der Waals surface area (Å²) < 4.78 is 5.28. The molecule has 4 nitrogen and oxygen atoms in total. The average molecular weight is 341 g/mol. The van der Waals surface area contributed by atoms with E-state index in [4.69, 9.17) is 10.5 Å². The Bertz CT molecular complexity index is 746. The zero-order valence-electron chi connectivity index (χ0n) is 13.2. The second-order valence-electron chi connectivity index (χ2n) is 5.76. The number of primary amides is 1. The maximum Gasteiger partial charge on any atom is 0.317 e. The Kier molecular flexibility index (Phi) is 5.20. The Morgan fingerprint density at radius 2 is 1.83 bits per heavy atom. The van der Waals surface area contributed by atoms with Crippen LogP contribution < -0.4 is 5.73 Å². The van der Waals surface area contributed by atoms with E-state index in [9.17, 15) is 9.59 Å². The minimum absolute atomic E-state index is 0.148. The highest BCUT2D eigenvalue weighted by Gasteiger charge is 2.22. The first-order chi connectivity index (χ1) is 11.6. The fraction of sp³-hybridized carbons (Fsp3) is 0.263. The fourth-order valence-electron chi connectivity index (χ4n) is 2.86. The van der Waals surface area contributed by atoms with Gasteiger partial charge in [0.15, 0.2) is 0 Å². The topological polar surface area (TPSA) is 69.4 Å². The van der Waals surface area contributed by atoms with Crippen molar-refractivity contribution in [3.8, 4) is 0 Å². The van der Waals surface area contributed by atoms with Crippen molar-refractivity contribution in [3.63, 3.8) is 0 Å². The van der Waals surface area contributed by atoms with Crippen LogP contribution in [-0.2, 0) is 27.2 Å². The van der Waals surface area contributed by atoms with Gasteiger partial charge < -0.3 is 10.5 Å². The third kappa shape index (κ3) is 3.97. The number of esters is 1. The van der Waals surface area contributed by atoms with E-state index in [1.54, 1.807) is 24.3 Å². The molecular formula is C19H19NO3S. The molecule has 2 N–H and O–H groups in total. The quantitative estimate of drug-likeness (QED) is 0.648. The molecule has 0 aliphatic heterocycles. The highest BCUT2D eigenvalue weighted by Crippen LogP contribution is 2.28. The van der Waals surface area contributed by atoms with Gasteiger partial charge in [-0.1, -0.05) is 36.4 Å². The molecule has 0 fully saturated rings. The number of hydrogen-bond donors (Lipinski definition) is 1. The van der Waals surface area contributed by atoms with Crippen LogP contribution in [0, 0.1) is 0 Å². The molecule has 2 aromatic rings. The van der Waals surface area contributed by atoms with Crippen LogP contribution in [0.1, 0.15) is 29.2 Å². The van der Waals surface area contributed by atoms with E-state index in [2.05, 4.69) is 12.1 Å². The van der Waals surface area contributed by atoms with E-state index in [0.29, 0.717) is 5.56 Å². The Labute approximate surface area is 145 Å². The number of rotatable bonds is 6. The van der Waals surface area contributed by atoms with Gasteiger partial charge in [0, 0.05) is 10.5 Å². The number of benzene rings is 2. The number of carbonyl (C=O) groups excluding carboxylic acids is 2. The van der Waals surface area contributed by atoms with Gasteiger partial charge >= 0.3 is 5.97 Å². The van der Waals surface area contributed by atoms with Crippen LogP contribution in [0.2, 0.25) is 0 Å². The molecule has 1 atom stereocenters. The molecule has 1 aliphatic carbocycles. The fourth-order valence-corrected chi connectivity index (χ4v) is 3.61. The van der Waals surface area contributed by atoms with E-state index in [0.717, 1.165) is 17.7 Å². The highest BCUT2D eigenvalue weighted by molar-refractivity contribution is 8.00. The van der Waals surface area contributed by atoms with E-state index in [-0.39, 0.29) is 5.75 Å². The smallest absolute Gasteiger partial charge is 0.317 e. The lowest BCUT2D eigenvalue weighted by molar-refractivity contribution is -0.152. The minimum Gasteiger partial charge on any atom is -0.447 e. The number of aryl methyl sites for hydroxylation is 2. The summed E-state index contributed by atoms with van der Waals surface area (Å²) in [7, 11) is 0. The molecule has 2 aromatic carbocycles. The van der Waals surface area contributed by atoms with E-state index in [1.165, 1.54) is 29.3 Å². The van der Waals surface area contributed by atoms with Crippen molar-refractivity contribution in [3.05, 3.63) is 65.2 Å². The number of carbonyl (C=O) groups is 2. The van der Waals surface area contributed by atoms with Crippen molar-refractivity contribution in [1.82, 2.24) is 0 Å². The molecule has 0 saturated carbocycles. The summed E-state index contributed by atoms with van der Waals surface area (Å²) in [6.07, 6.45) is 2.40. The van der Waals surface area contributed by atoms with Crippen LogP contribution >= 0.6 is 11.8 Å². The van der Waals surface area contributed by atoms with Crippen LogP contribution in [0.5, 0.6) is 0 Å². The third-order valence-corrected chi connectivity index (χ3v) is 5.00. The van der Waals surface area contributed by atoms with Gasteiger partial charge in [-0.15, -0.1) is 11.8 Å². The van der Waals surface area contributed by atoms with Crippen molar-refractivity contribution in [1.29, 1.82) is 0 Å². The van der Waals surface area contributed by atoms with E-state index < -0.39 is 18.0 Å². The van der Waals surface area contributed by atoms with Gasteiger partial charge in [-0.2, -0.15) is 0 Å². The zero-order chi connectivity index (χ0) is 16.9. The van der Waals surface area contributed by atoms with Crippen molar-refractivity contribution < 1.29 is 14.3 Å². The molecular weight excluding hydrogens is 322 g/mol. The maximum absolute atomic E-state index is 12.1. The molecule has 5 heteroatoms. The van der Waals surface area contributed by atoms with Gasteiger partial charge in [0.2, 0.25) is 6.10 Å². The van der Waals surface area contributed by atoms with Crippen molar-refractivity contribution in [2.75, 3.05) is 5.75 Å². The van der Waals surface area contributed by atoms with Crippen molar-refractivity contribution in [2.24, 2.45) is 5.73 Å². The summed E-state index contributed by atoms with van der Waals surface area (Å²) in [5.74, 6) is -0.972. The van der Waals surface area contributed by atoms with Gasteiger partial charge in [0.05, 0.1) is 5.75 Å². The van der Waals surface area contributed by atoms with E-state index in [1.807, 2.05) is 12.1 Å². The predicted molar refractivity (Wildman–Crippen MR) is 93.7 cm³/mol. The zero-order valence-corrected chi connectivity index (χ0v) is 14.1. The first-order valence-electron chi connectivity index (χ1n) is 7.92. The second kappa shape index (κ2) is 7.53. The molecule has 0 heterocycles. The van der Waals surface area contributed by atoms with Crippen LogP contribution in [0.15, 0.2) is 53.4 Å². The predicted octanol–water partition coefficient (Wildman–Crippen LogP) is 3.04. The van der Waals surface area contributed by atoms with Crippen LogP contribution in [0.25, 0.3) is 0 Å². The molecule has 1 amide bonds. The Morgan fingerprint density at radius 1 is 1.08 bits per heavy atom. The third-order valence-electron chi connectivity index (χ3n) is 4.04. The molecule has 1 unspecified atom stereocenters. The average Bonchev–Trinajstić information content (AvgIpc) is 3.06. The molecule has 124 valence electrons. The van der Waals surface area contributed by atoms with Gasteiger partial charge in [-0.3, -0.25) is 9.59 Å². The normalized spacial score (nSPS) is 14.0. The molecule has 0 spiro atoms. The van der Waals surface area contributed by atoms with Gasteiger partial charge in [-0.05, 0) is 42.5 Å². The Hall–Kier alpha value is -2.27. The largest absolute Gasteiger partial charge is 0.447 e. The molecule has 0 aromatic heterocycles. The monoisotopic (exact) mass is 341 g/mol. The summed E-state index contributed by atoms with van der Waals surface area (Å²) in [6, 6.07) is 15.1. The molecule has 1 aliphatic rings. The molecule has 0 bridgehead atoms. The summed E-state index contributed by atoms with van der Waals surface area (Å²) in [5.41, 5.74) is 8.72. The number of amides is 1. The van der Waals surface area contributed by atoms with Gasteiger partial charge in [0.1, 0.15) is 0 Å². The second-order valence-corrected chi connectivity index (χ2v) is 6.80. The summed E-state index contributed by atoms with van der Waals surface area (Å²) in [5, 5.41) is 0. The maximum atomic E-state index is 12.1. The summed E-state index contributed by atoms with van der Waals surface area (Å²) in [4.78, 5) is 24.7. The van der Waals surface area contributed by atoms with Crippen LogP contribution in [0.4, 0.5) is 0 Å². The standard InChI is InChI=1S/C19H19NO3S/c20-19(22)18(14-5-2-1-3-6-14)23-17(21)12-24-16-10-9-13-7-4-8-15(13)11-16/h1-3,5-6,9-11,18H,4,7-8,12H2,(H2,20,22). The Morgan fingerprint density at radius 3 is 2.58 bits per heavy atom. The highest BCUT2D eigenvalue weighted by atomic mass is 32.2. The summed E-state index contributed by atoms with van der Waals surface area (Å²) >= 11 is 1.42. The van der Waals surface area contributed by atoms with Gasteiger partial charge in [-0.25, -0.2) is 0 Å². The number of hydrogen-bond acceptors (Lipinski definition) is 4. The molecule has 0 saturated heterocycles. The SMILES string of the molecule is NC(=O)C(OC(=O)CSc1ccc2c(c1)CCC2)c1ccccc1. The Balaban J connectivity index is 1.59. The van der Waals surface area contributed by atoms with E-state index >= 15 is 0 Å². The summed E-state index contributed by atoms with van der Waals surface area (Å²) in [6.45, 7) is 0. The number of nitrogens with two attached hydrogens (primary N) is 1. The number of thioether (sulfide) groups is 1.